The van der Waals surface area contributed by atoms with E-state index in [0.717, 1.165) is 17.7 Å². The first kappa shape index (κ1) is 19.8. The molecule has 0 fully saturated rings. The lowest BCUT2D eigenvalue weighted by molar-refractivity contribution is -0.384. The number of nitro groups is 1. The summed E-state index contributed by atoms with van der Waals surface area (Å²) in [6, 6.07) is 7.05. The van der Waals surface area contributed by atoms with Crippen molar-refractivity contribution >= 4 is 23.4 Å². The number of carbonyl (C=O) groups excluding carboxylic acids is 2. The van der Waals surface area contributed by atoms with Gasteiger partial charge in [-0.3, -0.25) is 14.9 Å². The number of anilines is 1. The predicted octanol–water partition coefficient (Wildman–Crippen LogP) is 2.16. The average molecular weight is 372 g/mol. The number of nitrogens with one attached hydrogen (secondary N) is 1. The molecule has 1 heterocycles. The van der Waals surface area contributed by atoms with E-state index >= 15 is 0 Å². The molecule has 0 saturated heterocycles. The molecule has 1 aromatic carbocycles. The van der Waals surface area contributed by atoms with Crippen LogP contribution in [0.4, 0.5) is 11.5 Å². The average Bonchev–Trinajstić information content (AvgIpc) is 2.65. The number of aromatic nitrogens is 1. The van der Waals surface area contributed by atoms with E-state index in [1.54, 1.807) is 19.2 Å². The van der Waals surface area contributed by atoms with Crippen LogP contribution in [0.25, 0.3) is 0 Å². The summed E-state index contributed by atoms with van der Waals surface area (Å²) in [6.07, 6.45) is 1.65. The van der Waals surface area contributed by atoms with Crippen molar-refractivity contribution in [2.24, 2.45) is 0 Å². The van der Waals surface area contributed by atoms with E-state index in [-0.39, 0.29) is 30.0 Å². The zero-order valence-electron chi connectivity index (χ0n) is 15.3. The second kappa shape index (κ2) is 8.75. The Bertz CT molecular complexity index is 867. The lowest BCUT2D eigenvalue weighted by atomic mass is 10.1. The van der Waals surface area contributed by atoms with Crippen LogP contribution in [0.3, 0.4) is 0 Å². The number of nitro benzene ring substituents is 1. The minimum Gasteiger partial charge on any atom is -0.462 e. The second-order valence-electron chi connectivity index (χ2n) is 5.81. The highest BCUT2D eigenvalue weighted by atomic mass is 16.6. The van der Waals surface area contributed by atoms with Crippen LogP contribution in [0.15, 0.2) is 36.5 Å². The molecule has 0 aliphatic heterocycles. The van der Waals surface area contributed by atoms with Gasteiger partial charge in [0.25, 0.3) is 11.6 Å². The standard InChI is InChI=1S/C18H20N4O5/c1-4-27-18(24)14-8-13(9-15(10-14)22(25)26)17(23)20-11-12-6-5-7-19-16(12)21(2)3/h5-10H,4,11H2,1-3H3,(H,20,23). The highest BCUT2D eigenvalue weighted by molar-refractivity contribution is 5.99. The minimum atomic E-state index is -0.725. The van der Waals surface area contributed by atoms with Gasteiger partial charge in [-0.2, -0.15) is 0 Å². The molecule has 0 aliphatic rings. The molecular weight excluding hydrogens is 352 g/mol. The van der Waals surface area contributed by atoms with E-state index in [0.29, 0.717) is 5.82 Å². The van der Waals surface area contributed by atoms with Crippen molar-refractivity contribution in [3.63, 3.8) is 0 Å². The molecular formula is C18H20N4O5. The number of benzene rings is 1. The van der Waals surface area contributed by atoms with Crippen LogP contribution in [0.1, 0.15) is 33.2 Å². The number of ether oxygens (including phenoxy) is 1. The van der Waals surface area contributed by atoms with E-state index in [9.17, 15) is 19.7 Å². The van der Waals surface area contributed by atoms with Gasteiger partial charge < -0.3 is 15.0 Å². The monoisotopic (exact) mass is 372 g/mol. The quantitative estimate of drug-likeness (QED) is 0.450. The molecule has 2 aromatic rings. The third-order valence-electron chi connectivity index (χ3n) is 3.63. The lowest BCUT2D eigenvalue weighted by Gasteiger charge is -2.16. The van der Waals surface area contributed by atoms with Gasteiger partial charge >= 0.3 is 5.97 Å². The fraction of sp³-hybridized carbons (Fsp3) is 0.278. The van der Waals surface area contributed by atoms with Crippen LogP contribution in [0.5, 0.6) is 0 Å². The summed E-state index contributed by atoms with van der Waals surface area (Å²) in [6.45, 7) is 1.92. The van der Waals surface area contributed by atoms with Crippen molar-refractivity contribution < 1.29 is 19.2 Å². The first-order valence-corrected chi connectivity index (χ1v) is 8.19. The summed E-state index contributed by atoms with van der Waals surface area (Å²) in [5.74, 6) is -0.570. The second-order valence-corrected chi connectivity index (χ2v) is 5.81. The molecule has 9 heteroatoms. The van der Waals surface area contributed by atoms with Crippen LogP contribution in [0.2, 0.25) is 0 Å². The number of hydrogen-bond donors (Lipinski definition) is 1. The lowest BCUT2D eigenvalue weighted by Crippen LogP contribution is -2.25. The Morgan fingerprint density at radius 2 is 1.96 bits per heavy atom. The van der Waals surface area contributed by atoms with Gasteiger partial charge in [0.1, 0.15) is 5.82 Å². The first-order chi connectivity index (χ1) is 12.8. The van der Waals surface area contributed by atoms with E-state index in [1.165, 1.54) is 6.07 Å². The Kier molecular flexibility index (Phi) is 6.42. The van der Waals surface area contributed by atoms with Crippen molar-refractivity contribution in [2.75, 3.05) is 25.6 Å². The van der Waals surface area contributed by atoms with Crippen molar-refractivity contribution in [1.29, 1.82) is 0 Å². The molecule has 1 amide bonds. The SMILES string of the molecule is CCOC(=O)c1cc(C(=O)NCc2cccnc2N(C)C)cc([N+](=O)[O-])c1. The molecule has 0 saturated carbocycles. The number of hydrogen-bond acceptors (Lipinski definition) is 7. The van der Waals surface area contributed by atoms with Crippen LogP contribution in [0, 0.1) is 10.1 Å². The normalized spacial score (nSPS) is 10.2. The van der Waals surface area contributed by atoms with Gasteiger partial charge in [-0.1, -0.05) is 6.07 Å². The fourth-order valence-electron chi connectivity index (χ4n) is 2.43. The van der Waals surface area contributed by atoms with Crippen LogP contribution in [-0.4, -0.2) is 42.5 Å². The van der Waals surface area contributed by atoms with Gasteiger partial charge in [0.15, 0.2) is 0 Å². The Balaban J connectivity index is 2.25. The highest BCUT2D eigenvalue weighted by Gasteiger charge is 2.19. The maximum absolute atomic E-state index is 12.5. The number of esters is 1. The van der Waals surface area contributed by atoms with Gasteiger partial charge in [0.05, 0.1) is 17.1 Å². The van der Waals surface area contributed by atoms with Gasteiger partial charge in [-0.05, 0) is 19.1 Å². The van der Waals surface area contributed by atoms with Crippen LogP contribution in [-0.2, 0) is 11.3 Å². The number of non-ortho nitro benzene ring substituents is 1. The first-order valence-electron chi connectivity index (χ1n) is 8.19. The Labute approximate surface area is 156 Å². The zero-order valence-corrected chi connectivity index (χ0v) is 15.3. The molecule has 27 heavy (non-hydrogen) atoms. The van der Waals surface area contributed by atoms with Crippen LogP contribution >= 0.6 is 0 Å². The number of pyridine rings is 1. The molecule has 1 N–H and O–H groups in total. The van der Waals surface area contributed by atoms with E-state index in [2.05, 4.69) is 10.3 Å². The highest BCUT2D eigenvalue weighted by Crippen LogP contribution is 2.19. The summed E-state index contributed by atoms with van der Waals surface area (Å²) in [7, 11) is 3.67. The summed E-state index contributed by atoms with van der Waals surface area (Å²) in [4.78, 5) is 40.9. The molecule has 0 unspecified atom stereocenters. The van der Waals surface area contributed by atoms with Gasteiger partial charge in [-0.15, -0.1) is 0 Å². The summed E-state index contributed by atoms with van der Waals surface area (Å²) in [5.41, 5.74) is 0.377. The minimum absolute atomic E-state index is 0.00236. The molecule has 142 valence electrons. The molecule has 2 rings (SSSR count). The summed E-state index contributed by atoms with van der Waals surface area (Å²) in [5, 5.41) is 13.8. The van der Waals surface area contributed by atoms with Crippen molar-refractivity contribution in [1.82, 2.24) is 10.3 Å². The Hall–Kier alpha value is -3.49. The fourth-order valence-corrected chi connectivity index (χ4v) is 2.43. The third kappa shape index (κ3) is 5.00. The predicted molar refractivity (Wildman–Crippen MR) is 98.8 cm³/mol. The number of nitrogens with zero attached hydrogens (tertiary/aromatic N) is 3. The van der Waals surface area contributed by atoms with Crippen molar-refractivity contribution in [3.05, 3.63) is 63.3 Å². The van der Waals surface area contributed by atoms with Crippen LogP contribution < -0.4 is 10.2 Å². The van der Waals surface area contributed by atoms with Gasteiger partial charge in [0, 0.05) is 50.1 Å². The number of amides is 1. The smallest absolute Gasteiger partial charge is 0.338 e. The molecule has 1 aromatic heterocycles. The largest absolute Gasteiger partial charge is 0.462 e. The Morgan fingerprint density at radius 3 is 2.59 bits per heavy atom. The summed E-state index contributed by atoms with van der Waals surface area (Å²) < 4.78 is 4.86. The van der Waals surface area contributed by atoms with Crippen molar-refractivity contribution in [3.8, 4) is 0 Å². The van der Waals surface area contributed by atoms with E-state index < -0.39 is 16.8 Å². The number of rotatable bonds is 7. The maximum atomic E-state index is 12.5. The third-order valence-corrected chi connectivity index (χ3v) is 3.63. The molecule has 0 atom stereocenters. The maximum Gasteiger partial charge on any atom is 0.338 e. The van der Waals surface area contributed by atoms with Crippen molar-refractivity contribution in [2.45, 2.75) is 13.5 Å². The van der Waals surface area contributed by atoms with Gasteiger partial charge in [0.2, 0.25) is 0 Å². The molecule has 0 bridgehead atoms. The zero-order chi connectivity index (χ0) is 20.0. The van der Waals surface area contributed by atoms with Gasteiger partial charge in [-0.25, -0.2) is 9.78 Å². The molecule has 9 nitrogen and oxygen atoms in total. The topological polar surface area (TPSA) is 115 Å². The molecule has 0 radical (unpaired) electrons. The molecule has 0 spiro atoms. The number of carbonyl (C=O) groups is 2. The Morgan fingerprint density at radius 1 is 1.26 bits per heavy atom. The summed E-state index contributed by atoms with van der Waals surface area (Å²) >= 11 is 0. The van der Waals surface area contributed by atoms with E-state index in [4.69, 9.17) is 4.74 Å². The molecule has 0 aliphatic carbocycles. The van der Waals surface area contributed by atoms with E-state index in [1.807, 2.05) is 25.1 Å².